The van der Waals surface area contributed by atoms with Gasteiger partial charge in [0.25, 0.3) is 0 Å². The standard InChI is InChI=1S/C19H31NO/c1-4-5-6-16-9-11-19(20,12-10-16)14-17-13-15(2)7-8-18(17)21-3/h7-8,13,16H,4-6,9-12,14,20H2,1-3H3. The molecule has 21 heavy (non-hydrogen) atoms. The van der Waals surface area contributed by atoms with Crippen LogP contribution in [0.25, 0.3) is 0 Å². The molecule has 118 valence electrons. The number of rotatable bonds is 6. The largest absolute Gasteiger partial charge is 0.496 e. The van der Waals surface area contributed by atoms with E-state index in [1.165, 1.54) is 43.2 Å². The molecule has 1 aliphatic rings. The van der Waals surface area contributed by atoms with E-state index in [0.29, 0.717) is 0 Å². The summed E-state index contributed by atoms with van der Waals surface area (Å²) in [6, 6.07) is 6.41. The summed E-state index contributed by atoms with van der Waals surface area (Å²) in [5.74, 6) is 1.89. The lowest BCUT2D eigenvalue weighted by Crippen LogP contribution is -2.45. The zero-order valence-electron chi connectivity index (χ0n) is 14.0. The predicted octanol–water partition coefficient (Wildman–Crippen LogP) is 4.62. The Morgan fingerprint density at radius 1 is 1.29 bits per heavy atom. The fraction of sp³-hybridized carbons (Fsp3) is 0.684. The van der Waals surface area contributed by atoms with Crippen molar-refractivity contribution in [2.45, 2.75) is 70.8 Å². The Labute approximate surface area is 130 Å². The third-order valence-electron chi connectivity index (χ3n) is 5.05. The fourth-order valence-electron chi connectivity index (χ4n) is 3.64. The van der Waals surface area contributed by atoms with Gasteiger partial charge in [-0.3, -0.25) is 0 Å². The molecule has 0 radical (unpaired) electrons. The minimum absolute atomic E-state index is 0.0379. The van der Waals surface area contributed by atoms with Gasteiger partial charge in [0.2, 0.25) is 0 Å². The predicted molar refractivity (Wildman–Crippen MR) is 89.8 cm³/mol. The van der Waals surface area contributed by atoms with Crippen molar-refractivity contribution in [2.24, 2.45) is 11.7 Å². The van der Waals surface area contributed by atoms with Gasteiger partial charge < -0.3 is 10.5 Å². The van der Waals surface area contributed by atoms with Gasteiger partial charge in [-0.15, -0.1) is 0 Å². The summed E-state index contributed by atoms with van der Waals surface area (Å²) in [5.41, 5.74) is 9.22. The van der Waals surface area contributed by atoms with Gasteiger partial charge in [-0.05, 0) is 56.6 Å². The summed E-state index contributed by atoms with van der Waals surface area (Å²) in [7, 11) is 1.75. The smallest absolute Gasteiger partial charge is 0.122 e. The van der Waals surface area contributed by atoms with E-state index >= 15 is 0 Å². The topological polar surface area (TPSA) is 35.2 Å². The fourth-order valence-corrected chi connectivity index (χ4v) is 3.64. The molecule has 0 atom stereocenters. The van der Waals surface area contributed by atoms with Gasteiger partial charge in [-0.25, -0.2) is 0 Å². The maximum atomic E-state index is 6.70. The van der Waals surface area contributed by atoms with Crippen LogP contribution in [0.1, 0.15) is 63.0 Å². The molecule has 2 N–H and O–H groups in total. The van der Waals surface area contributed by atoms with Crippen LogP contribution >= 0.6 is 0 Å². The van der Waals surface area contributed by atoms with Crippen LogP contribution in [0.2, 0.25) is 0 Å². The molecule has 1 saturated carbocycles. The Morgan fingerprint density at radius 3 is 2.62 bits per heavy atom. The minimum atomic E-state index is -0.0379. The molecule has 0 spiro atoms. The zero-order valence-corrected chi connectivity index (χ0v) is 14.0. The lowest BCUT2D eigenvalue weighted by Gasteiger charge is -2.37. The lowest BCUT2D eigenvalue weighted by molar-refractivity contribution is 0.220. The third-order valence-corrected chi connectivity index (χ3v) is 5.05. The van der Waals surface area contributed by atoms with Gasteiger partial charge in [-0.1, -0.05) is 43.9 Å². The van der Waals surface area contributed by atoms with Crippen LogP contribution in [0.3, 0.4) is 0 Å². The molecule has 1 aromatic carbocycles. The van der Waals surface area contributed by atoms with Crippen LogP contribution in [0, 0.1) is 12.8 Å². The number of methoxy groups -OCH3 is 1. The SMILES string of the molecule is CCCCC1CCC(N)(Cc2cc(C)ccc2OC)CC1. The summed E-state index contributed by atoms with van der Waals surface area (Å²) in [5, 5.41) is 0. The summed E-state index contributed by atoms with van der Waals surface area (Å²) < 4.78 is 5.51. The van der Waals surface area contributed by atoms with Crippen LogP contribution in [0.4, 0.5) is 0 Å². The van der Waals surface area contributed by atoms with Crippen LogP contribution in [-0.4, -0.2) is 12.6 Å². The summed E-state index contributed by atoms with van der Waals surface area (Å²) in [6.45, 7) is 4.41. The Balaban J connectivity index is 1.98. The average molecular weight is 289 g/mol. The first-order chi connectivity index (χ1) is 10.1. The van der Waals surface area contributed by atoms with E-state index in [1.54, 1.807) is 7.11 Å². The molecular formula is C19H31NO. The molecule has 0 saturated heterocycles. The second kappa shape index (κ2) is 7.31. The number of ether oxygens (including phenoxy) is 1. The zero-order chi connectivity index (χ0) is 15.3. The van der Waals surface area contributed by atoms with Crippen LogP contribution in [0.15, 0.2) is 18.2 Å². The first kappa shape index (κ1) is 16.4. The van der Waals surface area contributed by atoms with Crippen molar-refractivity contribution < 1.29 is 4.74 Å². The van der Waals surface area contributed by atoms with Crippen molar-refractivity contribution in [2.75, 3.05) is 7.11 Å². The number of hydrogen-bond acceptors (Lipinski definition) is 2. The molecule has 0 unspecified atom stereocenters. The Bertz CT molecular complexity index is 447. The first-order valence-electron chi connectivity index (χ1n) is 8.49. The van der Waals surface area contributed by atoms with Crippen molar-refractivity contribution in [3.8, 4) is 5.75 Å². The lowest BCUT2D eigenvalue weighted by atomic mass is 9.73. The highest BCUT2D eigenvalue weighted by Crippen LogP contribution is 2.36. The van der Waals surface area contributed by atoms with E-state index in [1.807, 2.05) is 0 Å². The maximum Gasteiger partial charge on any atom is 0.122 e. The molecule has 0 heterocycles. The van der Waals surface area contributed by atoms with Crippen LogP contribution < -0.4 is 10.5 Å². The van der Waals surface area contributed by atoms with Gasteiger partial charge in [0.05, 0.1) is 7.11 Å². The molecule has 1 aliphatic carbocycles. The van der Waals surface area contributed by atoms with E-state index in [2.05, 4.69) is 32.0 Å². The Morgan fingerprint density at radius 2 is 2.00 bits per heavy atom. The molecular weight excluding hydrogens is 258 g/mol. The monoisotopic (exact) mass is 289 g/mol. The molecule has 1 fully saturated rings. The van der Waals surface area contributed by atoms with Gasteiger partial charge in [0.1, 0.15) is 5.75 Å². The van der Waals surface area contributed by atoms with Gasteiger partial charge in [0, 0.05) is 5.54 Å². The molecule has 0 aromatic heterocycles. The second-order valence-corrected chi connectivity index (χ2v) is 6.94. The maximum absolute atomic E-state index is 6.70. The molecule has 0 bridgehead atoms. The molecule has 2 nitrogen and oxygen atoms in total. The molecule has 2 rings (SSSR count). The first-order valence-corrected chi connectivity index (χ1v) is 8.49. The van der Waals surface area contributed by atoms with Gasteiger partial charge >= 0.3 is 0 Å². The van der Waals surface area contributed by atoms with Crippen molar-refractivity contribution in [3.05, 3.63) is 29.3 Å². The van der Waals surface area contributed by atoms with E-state index in [-0.39, 0.29) is 5.54 Å². The van der Waals surface area contributed by atoms with Crippen molar-refractivity contribution in [1.29, 1.82) is 0 Å². The summed E-state index contributed by atoms with van der Waals surface area (Å²) in [4.78, 5) is 0. The highest BCUT2D eigenvalue weighted by molar-refractivity contribution is 5.38. The van der Waals surface area contributed by atoms with E-state index < -0.39 is 0 Å². The number of unbranched alkanes of at least 4 members (excludes halogenated alkanes) is 1. The number of benzene rings is 1. The number of hydrogen-bond donors (Lipinski definition) is 1. The molecule has 1 aromatic rings. The van der Waals surface area contributed by atoms with Crippen molar-refractivity contribution in [3.63, 3.8) is 0 Å². The normalized spacial score (nSPS) is 25.8. The summed E-state index contributed by atoms with van der Waals surface area (Å²) in [6.07, 6.45) is 9.91. The van der Waals surface area contributed by atoms with E-state index in [4.69, 9.17) is 10.5 Å². The Hall–Kier alpha value is -1.02. The minimum Gasteiger partial charge on any atom is -0.496 e. The average Bonchev–Trinajstić information content (AvgIpc) is 2.47. The Kier molecular flexibility index (Phi) is 5.69. The van der Waals surface area contributed by atoms with Crippen molar-refractivity contribution >= 4 is 0 Å². The van der Waals surface area contributed by atoms with E-state index in [9.17, 15) is 0 Å². The number of aryl methyl sites for hydroxylation is 1. The second-order valence-electron chi connectivity index (χ2n) is 6.94. The van der Waals surface area contributed by atoms with Crippen molar-refractivity contribution in [1.82, 2.24) is 0 Å². The molecule has 0 amide bonds. The van der Waals surface area contributed by atoms with Crippen LogP contribution in [-0.2, 0) is 6.42 Å². The third kappa shape index (κ3) is 4.47. The highest BCUT2D eigenvalue weighted by atomic mass is 16.5. The molecule has 2 heteroatoms. The van der Waals surface area contributed by atoms with Gasteiger partial charge in [0.15, 0.2) is 0 Å². The highest BCUT2D eigenvalue weighted by Gasteiger charge is 2.32. The quantitative estimate of drug-likeness (QED) is 0.829. The van der Waals surface area contributed by atoms with E-state index in [0.717, 1.165) is 30.9 Å². The van der Waals surface area contributed by atoms with Crippen LogP contribution in [0.5, 0.6) is 5.75 Å². The summed E-state index contributed by atoms with van der Waals surface area (Å²) >= 11 is 0. The molecule has 0 aliphatic heterocycles. The number of nitrogens with two attached hydrogens (primary N) is 1. The van der Waals surface area contributed by atoms with Gasteiger partial charge in [-0.2, -0.15) is 0 Å².